The quantitative estimate of drug-likeness (QED) is 0.263. The molecule has 0 spiro atoms. The maximum atomic E-state index is 5.93. The van der Waals surface area contributed by atoms with E-state index in [2.05, 4.69) is 31.9 Å². The lowest BCUT2D eigenvalue weighted by molar-refractivity contribution is 0.479. The van der Waals surface area contributed by atoms with E-state index in [1.54, 1.807) is 12.1 Å². The van der Waals surface area contributed by atoms with Gasteiger partial charge in [-0.25, -0.2) is 0 Å². The lowest BCUT2D eigenvalue weighted by Gasteiger charge is -2.12. The van der Waals surface area contributed by atoms with Gasteiger partial charge in [-0.15, -0.1) is 0 Å². The van der Waals surface area contributed by atoms with Crippen molar-refractivity contribution >= 4 is 43.2 Å². The first-order valence-electron chi connectivity index (χ1n) is 9.14. The van der Waals surface area contributed by atoms with E-state index < -0.39 is 0 Å². The van der Waals surface area contributed by atoms with E-state index in [1.807, 2.05) is 72.8 Å². The molecule has 0 saturated carbocycles. The van der Waals surface area contributed by atoms with Crippen molar-refractivity contribution in [3.05, 3.63) is 93.9 Å². The first kappa shape index (κ1) is 20.3. The number of benzene rings is 4. The summed E-state index contributed by atoms with van der Waals surface area (Å²) in [5, 5.41) is 0. The number of hydrogen-bond donors (Lipinski definition) is 2. The fourth-order valence-corrected chi connectivity index (χ4v) is 3.86. The summed E-state index contributed by atoms with van der Waals surface area (Å²) >= 11 is 7.20. The van der Waals surface area contributed by atoms with Crippen LogP contribution in [0.15, 0.2) is 93.9 Å². The minimum absolute atomic E-state index is 0.658. The van der Waals surface area contributed by atoms with Crippen LogP contribution in [-0.2, 0) is 0 Å². The number of nitrogen functional groups attached to an aromatic ring is 2. The van der Waals surface area contributed by atoms with Crippen molar-refractivity contribution in [2.45, 2.75) is 0 Å². The van der Waals surface area contributed by atoms with Crippen molar-refractivity contribution in [3.63, 3.8) is 0 Å². The zero-order valence-electron chi connectivity index (χ0n) is 15.8. The predicted molar refractivity (Wildman–Crippen MR) is 129 cm³/mol. The van der Waals surface area contributed by atoms with Gasteiger partial charge in [0.15, 0.2) is 0 Å². The Balaban J connectivity index is 1.55. The first-order chi connectivity index (χ1) is 14.5. The van der Waals surface area contributed by atoms with Gasteiger partial charge in [0.25, 0.3) is 0 Å². The normalized spacial score (nSPS) is 10.6. The van der Waals surface area contributed by atoms with Gasteiger partial charge in [-0.2, -0.15) is 0 Å². The van der Waals surface area contributed by atoms with E-state index >= 15 is 0 Å². The average Bonchev–Trinajstić information content (AvgIpc) is 2.71. The van der Waals surface area contributed by atoms with Crippen LogP contribution < -0.4 is 20.9 Å². The van der Waals surface area contributed by atoms with Crippen LogP contribution in [0.25, 0.3) is 11.1 Å². The van der Waals surface area contributed by atoms with E-state index in [1.165, 1.54) is 0 Å². The van der Waals surface area contributed by atoms with Gasteiger partial charge >= 0.3 is 0 Å². The standard InChI is InChI=1S/C24H18Br2N2O2/c25-21-11-15(7-9-23(21)29-19-5-1-3-17(27)13-19)16-8-10-24(22(26)12-16)30-20-6-2-4-18(28)14-20/h1-14H,27-28H2. The zero-order valence-corrected chi connectivity index (χ0v) is 19.0. The molecule has 0 atom stereocenters. The highest BCUT2D eigenvalue weighted by molar-refractivity contribution is 9.11. The summed E-state index contributed by atoms with van der Waals surface area (Å²) in [6.07, 6.45) is 0. The number of halogens is 2. The molecule has 0 saturated heterocycles. The molecule has 0 aliphatic heterocycles. The molecule has 4 N–H and O–H groups in total. The Morgan fingerprint density at radius 1 is 0.533 bits per heavy atom. The van der Waals surface area contributed by atoms with E-state index in [9.17, 15) is 0 Å². The number of hydrogen-bond acceptors (Lipinski definition) is 4. The Bertz CT molecular complexity index is 1120. The molecule has 150 valence electrons. The van der Waals surface area contributed by atoms with E-state index in [0.29, 0.717) is 34.4 Å². The molecule has 0 bridgehead atoms. The number of nitrogens with two attached hydrogens (primary N) is 2. The van der Waals surface area contributed by atoms with E-state index in [4.69, 9.17) is 20.9 Å². The summed E-state index contributed by atoms with van der Waals surface area (Å²) in [5.41, 5.74) is 15.0. The van der Waals surface area contributed by atoms with Crippen LogP contribution in [0.2, 0.25) is 0 Å². The maximum Gasteiger partial charge on any atom is 0.141 e. The Labute approximate surface area is 191 Å². The summed E-state index contributed by atoms with van der Waals surface area (Å²) in [4.78, 5) is 0. The number of ether oxygens (including phenoxy) is 2. The summed E-state index contributed by atoms with van der Waals surface area (Å²) in [6, 6.07) is 26.6. The van der Waals surface area contributed by atoms with Crippen molar-refractivity contribution in [1.29, 1.82) is 0 Å². The lowest BCUT2D eigenvalue weighted by Crippen LogP contribution is -1.90. The minimum Gasteiger partial charge on any atom is -0.456 e. The molecule has 4 aromatic rings. The highest BCUT2D eigenvalue weighted by Gasteiger charge is 2.09. The summed E-state index contributed by atoms with van der Waals surface area (Å²) < 4.78 is 13.6. The molecule has 0 aliphatic carbocycles. The van der Waals surface area contributed by atoms with Gasteiger partial charge in [-0.05, 0) is 91.5 Å². The van der Waals surface area contributed by atoms with E-state index in [0.717, 1.165) is 20.1 Å². The van der Waals surface area contributed by atoms with Gasteiger partial charge < -0.3 is 20.9 Å². The molecule has 0 aromatic heterocycles. The smallest absolute Gasteiger partial charge is 0.141 e. The van der Waals surface area contributed by atoms with Crippen LogP contribution in [0.1, 0.15) is 0 Å². The molecule has 30 heavy (non-hydrogen) atoms. The maximum absolute atomic E-state index is 5.93. The molecule has 0 heterocycles. The largest absolute Gasteiger partial charge is 0.456 e. The molecule has 0 unspecified atom stereocenters. The van der Waals surface area contributed by atoms with Crippen molar-refractivity contribution < 1.29 is 9.47 Å². The van der Waals surface area contributed by atoms with Crippen LogP contribution in [0.5, 0.6) is 23.0 Å². The number of anilines is 2. The summed E-state index contributed by atoms with van der Waals surface area (Å²) in [6.45, 7) is 0. The predicted octanol–water partition coefficient (Wildman–Crippen LogP) is 7.63. The van der Waals surface area contributed by atoms with Gasteiger partial charge in [0, 0.05) is 23.5 Å². The number of rotatable bonds is 5. The van der Waals surface area contributed by atoms with Crippen molar-refractivity contribution in [2.24, 2.45) is 0 Å². The Kier molecular flexibility index (Phi) is 5.97. The fourth-order valence-electron chi connectivity index (χ4n) is 2.94. The first-order valence-corrected chi connectivity index (χ1v) is 10.7. The third kappa shape index (κ3) is 4.78. The molecule has 4 nitrogen and oxygen atoms in total. The van der Waals surface area contributed by atoms with Gasteiger partial charge in [0.2, 0.25) is 0 Å². The average molecular weight is 526 g/mol. The highest BCUT2D eigenvalue weighted by Crippen LogP contribution is 2.37. The molecule has 4 aromatic carbocycles. The lowest BCUT2D eigenvalue weighted by atomic mass is 10.1. The van der Waals surface area contributed by atoms with Gasteiger partial charge in [0.05, 0.1) is 8.95 Å². The van der Waals surface area contributed by atoms with Crippen LogP contribution in [-0.4, -0.2) is 0 Å². The topological polar surface area (TPSA) is 70.5 Å². The van der Waals surface area contributed by atoms with Gasteiger partial charge in [-0.1, -0.05) is 24.3 Å². The Morgan fingerprint density at radius 3 is 1.33 bits per heavy atom. The van der Waals surface area contributed by atoms with Crippen LogP contribution in [0, 0.1) is 0 Å². The monoisotopic (exact) mass is 524 g/mol. The summed E-state index contributed by atoms with van der Waals surface area (Å²) in [7, 11) is 0. The third-order valence-electron chi connectivity index (χ3n) is 4.37. The second-order valence-electron chi connectivity index (χ2n) is 6.64. The van der Waals surface area contributed by atoms with Gasteiger partial charge in [0.1, 0.15) is 23.0 Å². The molecule has 0 amide bonds. The fraction of sp³-hybridized carbons (Fsp3) is 0. The van der Waals surface area contributed by atoms with Gasteiger partial charge in [-0.3, -0.25) is 0 Å². The summed E-state index contributed by atoms with van der Waals surface area (Å²) in [5.74, 6) is 2.80. The molecular formula is C24H18Br2N2O2. The highest BCUT2D eigenvalue weighted by atomic mass is 79.9. The zero-order chi connectivity index (χ0) is 21.1. The molecule has 6 heteroatoms. The Morgan fingerprint density at radius 2 is 0.967 bits per heavy atom. The molecule has 0 aliphatic rings. The van der Waals surface area contributed by atoms with Crippen molar-refractivity contribution in [1.82, 2.24) is 0 Å². The Hall–Kier alpha value is -2.96. The second-order valence-corrected chi connectivity index (χ2v) is 8.35. The van der Waals surface area contributed by atoms with Crippen molar-refractivity contribution in [3.8, 4) is 34.1 Å². The third-order valence-corrected chi connectivity index (χ3v) is 5.61. The van der Waals surface area contributed by atoms with E-state index in [-0.39, 0.29) is 0 Å². The molecule has 4 rings (SSSR count). The SMILES string of the molecule is Nc1cccc(Oc2ccc(-c3ccc(Oc4cccc(N)c4)c(Br)c3)cc2Br)c1. The van der Waals surface area contributed by atoms with Crippen molar-refractivity contribution in [2.75, 3.05) is 11.5 Å². The van der Waals surface area contributed by atoms with Crippen LogP contribution in [0.4, 0.5) is 11.4 Å². The van der Waals surface area contributed by atoms with Crippen LogP contribution >= 0.6 is 31.9 Å². The molecular weight excluding hydrogens is 508 g/mol. The molecule has 0 fully saturated rings. The second kappa shape index (κ2) is 8.81. The molecule has 0 radical (unpaired) electrons. The van der Waals surface area contributed by atoms with Crippen LogP contribution in [0.3, 0.4) is 0 Å². The minimum atomic E-state index is 0.658.